The third-order valence-electron chi connectivity index (χ3n) is 3.83. The highest BCUT2D eigenvalue weighted by molar-refractivity contribution is 14.1. The van der Waals surface area contributed by atoms with Crippen LogP contribution in [-0.4, -0.2) is 14.8 Å². The van der Waals surface area contributed by atoms with Crippen molar-refractivity contribution < 1.29 is 13.2 Å². The Morgan fingerprint density at radius 1 is 1.33 bits per heavy atom. The van der Waals surface area contributed by atoms with Gasteiger partial charge in [0.15, 0.2) is 0 Å². The zero-order valence-electron chi connectivity index (χ0n) is 11.3. The molecular formula is C14H13F3IN3. The van der Waals surface area contributed by atoms with Gasteiger partial charge in [-0.15, -0.1) is 5.10 Å². The molecule has 2 heterocycles. The molecule has 0 spiro atoms. The number of halogens is 4. The molecule has 3 nitrogen and oxygen atoms in total. The Bertz CT molecular complexity index is 679. The van der Waals surface area contributed by atoms with Gasteiger partial charge >= 0.3 is 6.18 Å². The minimum atomic E-state index is -4.32. The molecule has 0 saturated carbocycles. The van der Waals surface area contributed by atoms with Gasteiger partial charge in [0, 0.05) is 35.1 Å². The molecule has 1 atom stereocenters. The molecule has 1 aliphatic heterocycles. The van der Waals surface area contributed by atoms with Gasteiger partial charge in [-0.25, -0.2) is 9.67 Å². The minimum Gasteiger partial charge on any atom is -0.248 e. The number of alkyl halides is 3. The van der Waals surface area contributed by atoms with Crippen LogP contribution in [0.4, 0.5) is 13.2 Å². The summed E-state index contributed by atoms with van der Waals surface area (Å²) in [6, 6.07) is 3.94. The molecule has 1 aromatic carbocycles. The Morgan fingerprint density at radius 3 is 2.81 bits per heavy atom. The first-order valence-electron chi connectivity index (χ1n) is 6.64. The second kappa shape index (κ2) is 5.26. The molecule has 0 N–H and O–H groups in total. The van der Waals surface area contributed by atoms with E-state index in [9.17, 15) is 13.2 Å². The van der Waals surface area contributed by atoms with Crippen molar-refractivity contribution in [1.29, 1.82) is 0 Å². The molecule has 1 aliphatic rings. The molecule has 0 fully saturated rings. The number of hydrogen-bond donors (Lipinski definition) is 0. The summed E-state index contributed by atoms with van der Waals surface area (Å²) in [5.74, 6) is 0.658. The second-order valence-corrected chi connectivity index (χ2v) is 6.19. The van der Waals surface area contributed by atoms with E-state index in [1.54, 1.807) is 6.07 Å². The zero-order chi connectivity index (χ0) is 15.2. The van der Waals surface area contributed by atoms with Crippen LogP contribution in [0.15, 0.2) is 18.2 Å². The number of hydrogen-bond acceptors (Lipinski definition) is 2. The molecule has 0 radical (unpaired) electrons. The molecule has 0 aliphatic carbocycles. The Kier molecular flexibility index (Phi) is 3.71. The molecular weight excluding hydrogens is 394 g/mol. The maximum Gasteiger partial charge on any atom is 0.416 e. The van der Waals surface area contributed by atoms with Crippen molar-refractivity contribution >= 4 is 22.6 Å². The SMILES string of the molecule is Cc1ccc(C(F)(F)F)cc1C1CCCn2nc(I)nc21. The molecule has 7 heteroatoms. The first kappa shape index (κ1) is 14.8. The predicted molar refractivity (Wildman–Crippen MR) is 80.0 cm³/mol. The van der Waals surface area contributed by atoms with Gasteiger partial charge in [-0.3, -0.25) is 0 Å². The zero-order valence-corrected chi connectivity index (χ0v) is 13.4. The van der Waals surface area contributed by atoms with Crippen LogP contribution in [0, 0.1) is 10.8 Å². The van der Waals surface area contributed by atoms with E-state index in [0.29, 0.717) is 9.39 Å². The normalized spacial score (nSPS) is 18.6. The van der Waals surface area contributed by atoms with E-state index in [-0.39, 0.29) is 5.92 Å². The average Bonchev–Trinajstić information content (AvgIpc) is 2.78. The number of aromatic nitrogens is 3. The van der Waals surface area contributed by atoms with Gasteiger partial charge in [0.25, 0.3) is 0 Å². The van der Waals surface area contributed by atoms with Crippen LogP contribution < -0.4 is 0 Å². The lowest BCUT2D eigenvalue weighted by molar-refractivity contribution is -0.137. The molecule has 3 rings (SSSR count). The summed E-state index contributed by atoms with van der Waals surface area (Å²) in [5.41, 5.74) is 0.962. The first-order chi connectivity index (χ1) is 9.86. The van der Waals surface area contributed by atoms with Crippen LogP contribution in [-0.2, 0) is 12.7 Å². The maximum atomic E-state index is 12.9. The van der Waals surface area contributed by atoms with E-state index in [1.165, 1.54) is 6.07 Å². The van der Waals surface area contributed by atoms with Crippen molar-refractivity contribution in [3.05, 3.63) is 44.5 Å². The predicted octanol–water partition coefficient (Wildman–Crippen LogP) is 4.14. The van der Waals surface area contributed by atoms with Crippen molar-refractivity contribution in [1.82, 2.24) is 14.8 Å². The minimum absolute atomic E-state index is 0.114. The maximum absolute atomic E-state index is 12.9. The van der Waals surface area contributed by atoms with E-state index in [0.717, 1.165) is 36.8 Å². The Morgan fingerprint density at radius 2 is 2.10 bits per heavy atom. The van der Waals surface area contributed by atoms with E-state index in [2.05, 4.69) is 10.1 Å². The van der Waals surface area contributed by atoms with Crippen LogP contribution >= 0.6 is 22.6 Å². The molecule has 0 saturated heterocycles. The third-order valence-corrected chi connectivity index (χ3v) is 4.29. The molecule has 1 unspecified atom stereocenters. The lowest BCUT2D eigenvalue weighted by Crippen LogP contribution is -2.19. The second-order valence-electron chi connectivity index (χ2n) is 5.23. The largest absolute Gasteiger partial charge is 0.416 e. The fourth-order valence-electron chi connectivity index (χ4n) is 2.81. The number of nitrogens with zero attached hydrogens (tertiary/aromatic N) is 3. The topological polar surface area (TPSA) is 30.7 Å². The van der Waals surface area contributed by atoms with Gasteiger partial charge in [0.1, 0.15) is 5.82 Å². The summed E-state index contributed by atoms with van der Waals surface area (Å²) in [5, 5.41) is 4.30. The van der Waals surface area contributed by atoms with E-state index < -0.39 is 11.7 Å². The quantitative estimate of drug-likeness (QED) is 0.666. The van der Waals surface area contributed by atoms with Crippen LogP contribution in [0.2, 0.25) is 0 Å². The van der Waals surface area contributed by atoms with Crippen molar-refractivity contribution in [3.63, 3.8) is 0 Å². The van der Waals surface area contributed by atoms with Crippen molar-refractivity contribution in [2.24, 2.45) is 0 Å². The van der Waals surface area contributed by atoms with Crippen molar-refractivity contribution in [3.8, 4) is 0 Å². The first-order valence-corrected chi connectivity index (χ1v) is 7.72. The molecule has 0 bridgehead atoms. The number of fused-ring (bicyclic) bond motifs is 1. The van der Waals surface area contributed by atoms with Crippen LogP contribution in [0.3, 0.4) is 0 Å². The van der Waals surface area contributed by atoms with Gasteiger partial charge in [-0.05, 0) is 43.0 Å². The fraction of sp³-hybridized carbons (Fsp3) is 0.429. The molecule has 112 valence electrons. The van der Waals surface area contributed by atoms with Crippen molar-refractivity contribution in [2.45, 2.75) is 38.4 Å². The summed E-state index contributed by atoms with van der Waals surface area (Å²) >= 11 is 2.04. The van der Waals surface area contributed by atoms with Crippen LogP contribution in [0.25, 0.3) is 0 Å². The van der Waals surface area contributed by atoms with E-state index in [4.69, 9.17) is 0 Å². The van der Waals surface area contributed by atoms with Gasteiger partial charge in [-0.1, -0.05) is 6.07 Å². The van der Waals surface area contributed by atoms with Crippen LogP contribution in [0.1, 0.15) is 41.3 Å². The smallest absolute Gasteiger partial charge is 0.248 e. The van der Waals surface area contributed by atoms with Crippen molar-refractivity contribution in [2.75, 3.05) is 0 Å². The van der Waals surface area contributed by atoms with E-state index >= 15 is 0 Å². The van der Waals surface area contributed by atoms with Gasteiger partial charge in [-0.2, -0.15) is 13.2 Å². The Balaban J connectivity index is 2.09. The number of rotatable bonds is 1. The lowest BCUT2D eigenvalue weighted by Gasteiger charge is -2.24. The summed E-state index contributed by atoms with van der Waals surface area (Å²) in [4.78, 5) is 4.40. The van der Waals surface area contributed by atoms with Gasteiger partial charge < -0.3 is 0 Å². The highest BCUT2D eigenvalue weighted by atomic mass is 127. The molecule has 2 aromatic rings. The van der Waals surface area contributed by atoms with Crippen LogP contribution in [0.5, 0.6) is 0 Å². The summed E-state index contributed by atoms with van der Waals surface area (Å²) < 4.78 is 41.3. The summed E-state index contributed by atoms with van der Waals surface area (Å²) in [7, 11) is 0. The average molecular weight is 407 g/mol. The molecule has 0 amide bonds. The van der Waals surface area contributed by atoms with Gasteiger partial charge in [0.05, 0.1) is 5.56 Å². The highest BCUT2D eigenvalue weighted by Gasteiger charge is 2.33. The standard InChI is InChI=1S/C14H13F3IN3/c1-8-4-5-9(14(15,16)17)7-11(8)10-3-2-6-21-12(10)19-13(18)20-21/h4-5,7,10H,2-3,6H2,1H3. The molecule has 1 aromatic heterocycles. The fourth-order valence-corrected chi connectivity index (χ4v) is 3.32. The lowest BCUT2D eigenvalue weighted by atomic mass is 9.87. The van der Waals surface area contributed by atoms with E-state index in [1.807, 2.05) is 34.2 Å². The summed E-state index contributed by atoms with van der Waals surface area (Å²) in [6.45, 7) is 2.62. The number of aryl methyl sites for hydroxylation is 2. The Hall–Kier alpha value is -1.12. The summed E-state index contributed by atoms with van der Waals surface area (Å²) in [6.07, 6.45) is -2.62. The highest BCUT2D eigenvalue weighted by Crippen LogP contribution is 2.37. The third kappa shape index (κ3) is 2.79. The monoisotopic (exact) mass is 407 g/mol. The number of benzene rings is 1. The van der Waals surface area contributed by atoms with Gasteiger partial charge in [0.2, 0.25) is 3.83 Å². The Labute approximate surface area is 133 Å². The molecule has 21 heavy (non-hydrogen) atoms.